The van der Waals surface area contributed by atoms with Crippen molar-refractivity contribution >= 4 is 29.9 Å². The van der Waals surface area contributed by atoms with Gasteiger partial charge in [-0.05, 0) is 44.9 Å². The maximum Gasteiger partial charge on any atom is 0.188 e. The number of nitrogens with two attached hydrogens (primary N) is 1. The molecular weight excluding hydrogens is 349 g/mol. The zero-order valence-corrected chi connectivity index (χ0v) is 14.2. The van der Waals surface area contributed by atoms with Gasteiger partial charge in [-0.25, -0.2) is 0 Å². The molecule has 0 aromatic heterocycles. The molecule has 0 unspecified atom stereocenters. The maximum absolute atomic E-state index is 5.92. The van der Waals surface area contributed by atoms with E-state index < -0.39 is 0 Å². The molecular formula is C15H28IN3. The van der Waals surface area contributed by atoms with Crippen molar-refractivity contribution in [2.24, 2.45) is 10.7 Å². The molecule has 0 atom stereocenters. The summed E-state index contributed by atoms with van der Waals surface area (Å²) < 4.78 is 0. The highest BCUT2D eigenvalue weighted by molar-refractivity contribution is 14.0. The third-order valence-corrected chi connectivity index (χ3v) is 4.06. The molecule has 0 aliphatic heterocycles. The average Bonchev–Trinajstić information content (AvgIpc) is 2.72. The van der Waals surface area contributed by atoms with Crippen LogP contribution in [0.1, 0.15) is 64.2 Å². The Morgan fingerprint density at radius 2 is 2.00 bits per heavy atom. The van der Waals surface area contributed by atoms with Crippen LogP contribution in [0.5, 0.6) is 0 Å². The number of halogens is 1. The summed E-state index contributed by atoms with van der Waals surface area (Å²) in [5.41, 5.74) is 7.51. The molecule has 0 aromatic carbocycles. The van der Waals surface area contributed by atoms with Gasteiger partial charge >= 0.3 is 0 Å². The van der Waals surface area contributed by atoms with Crippen molar-refractivity contribution in [3.63, 3.8) is 0 Å². The number of allylic oxidation sites excluding steroid dienone is 1. The van der Waals surface area contributed by atoms with Crippen LogP contribution in [0.2, 0.25) is 0 Å². The van der Waals surface area contributed by atoms with Crippen LogP contribution >= 0.6 is 24.0 Å². The van der Waals surface area contributed by atoms with Crippen molar-refractivity contribution in [3.05, 3.63) is 11.6 Å². The molecule has 4 heteroatoms. The fourth-order valence-corrected chi connectivity index (χ4v) is 2.95. The Labute approximate surface area is 134 Å². The normalized spacial score (nSPS) is 21.5. The third kappa shape index (κ3) is 6.63. The Morgan fingerprint density at radius 1 is 1.21 bits per heavy atom. The Kier molecular flexibility index (Phi) is 8.50. The lowest BCUT2D eigenvalue weighted by molar-refractivity contribution is 0.625. The summed E-state index contributed by atoms with van der Waals surface area (Å²) in [7, 11) is 0. The zero-order chi connectivity index (χ0) is 12.6. The van der Waals surface area contributed by atoms with Gasteiger partial charge in [-0.3, -0.25) is 4.99 Å². The van der Waals surface area contributed by atoms with Gasteiger partial charge in [-0.15, -0.1) is 24.0 Å². The molecule has 19 heavy (non-hydrogen) atoms. The predicted molar refractivity (Wildman–Crippen MR) is 93.1 cm³/mol. The first kappa shape index (κ1) is 16.8. The summed E-state index contributed by atoms with van der Waals surface area (Å²) in [4.78, 5) is 4.45. The van der Waals surface area contributed by atoms with Crippen molar-refractivity contribution in [1.29, 1.82) is 0 Å². The van der Waals surface area contributed by atoms with E-state index in [2.05, 4.69) is 16.4 Å². The van der Waals surface area contributed by atoms with Gasteiger partial charge in [0, 0.05) is 12.6 Å². The SMILES string of the molecule is I.NC(=NCCC1=CCCCCC1)NC1CCCC1. The highest BCUT2D eigenvalue weighted by atomic mass is 127. The van der Waals surface area contributed by atoms with Crippen molar-refractivity contribution in [2.45, 2.75) is 70.3 Å². The Bertz CT molecular complexity index is 307. The first-order chi connectivity index (χ1) is 8.84. The first-order valence-corrected chi connectivity index (χ1v) is 7.59. The Balaban J connectivity index is 0.00000180. The molecule has 1 saturated carbocycles. The van der Waals surface area contributed by atoms with Crippen LogP contribution in [-0.2, 0) is 0 Å². The van der Waals surface area contributed by atoms with Crippen LogP contribution in [-0.4, -0.2) is 18.5 Å². The lowest BCUT2D eigenvalue weighted by Gasteiger charge is -2.12. The van der Waals surface area contributed by atoms with Gasteiger partial charge < -0.3 is 11.1 Å². The first-order valence-electron chi connectivity index (χ1n) is 7.59. The lowest BCUT2D eigenvalue weighted by Crippen LogP contribution is -2.38. The van der Waals surface area contributed by atoms with Crippen LogP contribution in [0.15, 0.2) is 16.6 Å². The molecule has 3 N–H and O–H groups in total. The molecule has 0 spiro atoms. The summed E-state index contributed by atoms with van der Waals surface area (Å²) in [6.07, 6.45) is 15.3. The minimum absolute atomic E-state index is 0. The van der Waals surface area contributed by atoms with Crippen molar-refractivity contribution < 1.29 is 0 Å². The van der Waals surface area contributed by atoms with Gasteiger partial charge in [-0.1, -0.05) is 30.9 Å². The van der Waals surface area contributed by atoms with E-state index in [-0.39, 0.29) is 24.0 Å². The zero-order valence-electron chi connectivity index (χ0n) is 11.9. The van der Waals surface area contributed by atoms with Gasteiger partial charge in [0.1, 0.15) is 0 Å². The van der Waals surface area contributed by atoms with E-state index in [1.54, 1.807) is 5.57 Å². The van der Waals surface area contributed by atoms with E-state index >= 15 is 0 Å². The smallest absolute Gasteiger partial charge is 0.188 e. The summed E-state index contributed by atoms with van der Waals surface area (Å²) in [6.45, 7) is 0.845. The van der Waals surface area contributed by atoms with Gasteiger partial charge in [0.2, 0.25) is 0 Å². The Morgan fingerprint density at radius 3 is 2.79 bits per heavy atom. The number of rotatable bonds is 4. The van der Waals surface area contributed by atoms with Crippen LogP contribution in [0.3, 0.4) is 0 Å². The highest BCUT2D eigenvalue weighted by Crippen LogP contribution is 2.19. The fourth-order valence-electron chi connectivity index (χ4n) is 2.95. The second kappa shape index (κ2) is 9.61. The maximum atomic E-state index is 5.92. The van der Waals surface area contributed by atoms with Crippen molar-refractivity contribution in [1.82, 2.24) is 5.32 Å². The number of hydrogen-bond donors (Lipinski definition) is 2. The lowest BCUT2D eigenvalue weighted by atomic mass is 10.1. The Hall–Kier alpha value is -0.260. The molecule has 0 radical (unpaired) electrons. The standard InChI is InChI=1S/C15H27N3.HI/c16-15(18-14-9-5-6-10-14)17-12-11-13-7-3-1-2-4-8-13;/h7,14H,1-6,8-12H2,(H3,16,17,18);1H. The molecule has 2 aliphatic rings. The van der Waals surface area contributed by atoms with Crippen molar-refractivity contribution in [2.75, 3.05) is 6.54 Å². The number of hydrogen-bond acceptors (Lipinski definition) is 1. The molecule has 0 heterocycles. The molecule has 110 valence electrons. The number of nitrogens with one attached hydrogen (secondary N) is 1. The molecule has 3 nitrogen and oxygen atoms in total. The summed E-state index contributed by atoms with van der Waals surface area (Å²) >= 11 is 0. The molecule has 2 aliphatic carbocycles. The molecule has 0 amide bonds. The van der Waals surface area contributed by atoms with E-state index in [1.807, 2.05) is 0 Å². The summed E-state index contributed by atoms with van der Waals surface area (Å²) in [5, 5.41) is 3.34. The molecule has 1 fully saturated rings. The minimum atomic E-state index is 0. The summed E-state index contributed by atoms with van der Waals surface area (Å²) in [6, 6.07) is 0.575. The van der Waals surface area contributed by atoms with E-state index in [9.17, 15) is 0 Å². The van der Waals surface area contributed by atoms with Crippen LogP contribution in [0.4, 0.5) is 0 Å². The van der Waals surface area contributed by atoms with E-state index in [0.29, 0.717) is 12.0 Å². The number of guanidine groups is 1. The monoisotopic (exact) mass is 377 g/mol. The number of nitrogens with zero attached hydrogens (tertiary/aromatic N) is 1. The minimum Gasteiger partial charge on any atom is -0.370 e. The van der Waals surface area contributed by atoms with E-state index in [4.69, 9.17) is 5.73 Å². The van der Waals surface area contributed by atoms with Gasteiger partial charge in [0.05, 0.1) is 0 Å². The predicted octanol–water partition coefficient (Wildman–Crippen LogP) is 3.73. The molecule has 2 rings (SSSR count). The van der Waals surface area contributed by atoms with Gasteiger partial charge in [-0.2, -0.15) is 0 Å². The second-order valence-corrected chi connectivity index (χ2v) is 5.60. The van der Waals surface area contributed by atoms with Crippen LogP contribution < -0.4 is 11.1 Å². The van der Waals surface area contributed by atoms with E-state index in [0.717, 1.165) is 13.0 Å². The second-order valence-electron chi connectivity index (χ2n) is 5.60. The molecule has 0 aromatic rings. The van der Waals surface area contributed by atoms with E-state index in [1.165, 1.54) is 57.8 Å². The fraction of sp³-hybridized carbons (Fsp3) is 0.800. The largest absolute Gasteiger partial charge is 0.370 e. The molecule has 0 saturated heterocycles. The highest BCUT2D eigenvalue weighted by Gasteiger charge is 2.14. The van der Waals surface area contributed by atoms with Crippen LogP contribution in [0, 0.1) is 0 Å². The van der Waals surface area contributed by atoms with Gasteiger partial charge in [0.15, 0.2) is 5.96 Å². The number of aliphatic imine (C=N–C) groups is 1. The quantitative estimate of drug-likeness (QED) is 0.340. The third-order valence-electron chi connectivity index (χ3n) is 4.06. The average molecular weight is 377 g/mol. The molecule has 0 bridgehead atoms. The topological polar surface area (TPSA) is 50.4 Å². The van der Waals surface area contributed by atoms with Gasteiger partial charge in [0.25, 0.3) is 0 Å². The van der Waals surface area contributed by atoms with Crippen LogP contribution in [0.25, 0.3) is 0 Å². The summed E-state index contributed by atoms with van der Waals surface area (Å²) in [5.74, 6) is 0.649. The van der Waals surface area contributed by atoms with Crippen molar-refractivity contribution in [3.8, 4) is 0 Å².